The lowest BCUT2D eigenvalue weighted by molar-refractivity contribution is 0.161. The monoisotopic (exact) mass is 440 g/mol. The molecule has 0 unspecified atom stereocenters. The molecule has 0 aliphatic carbocycles. The highest BCUT2D eigenvalue weighted by Crippen LogP contribution is 2.26. The molecule has 3 aliphatic rings. The van der Waals surface area contributed by atoms with Crippen molar-refractivity contribution in [3.05, 3.63) is 17.7 Å². The van der Waals surface area contributed by atoms with Crippen LogP contribution < -0.4 is 10.2 Å². The average Bonchev–Trinajstić information content (AvgIpc) is 3.21. The lowest BCUT2D eigenvalue weighted by Crippen LogP contribution is -2.39. The van der Waals surface area contributed by atoms with Crippen molar-refractivity contribution in [2.75, 3.05) is 69.6 Å². The molecule has 0 saturated carbocycles. The molecule has 0 aromatic carbocycles. The van der Waals surface area contributed by atoms with E-state index in [-0.39, 0.29) is 0 Å². The Morgan fingerprint density at radius 3 is 2.19 bits per heavy atom. The molecule has 0 radical (unpaired) electrons. The van der Waals surface area contributed by atoms with Gasteiger partial charge in [0.1, 0.15) is 11.6 Å². The minimum atomic E-state index is 0.737. The van der Waals surface area contributed by atoms with Crippen LogP contribution in [0, 0.1) is 11.3 Å². The molecule has 1 aromatic rings. The maximum atomic E-state index is 8.73. The molecule has 0 bridgehead atoms. The summed E-state index contributed by atoms with van der Waals surface area (Å²) >= 11 is 0. The van der Waals surface area contributed by atoms with E-state index in [1.54, 1.807) is 0 Å². The number of aromatic nitrogens is 1. The molecule has 178 valence electrons. The van der Waals surface area contributed by atoms with E-state index in [1.807, 2.05) is 7.05 Å². The quantitative estimate of drug-likeness (QED) is 0.555. The van der Waals surface area contributed by atoms with Crippen LogP contribution >= 0.6 is 0 Å². The van der Waals surface area contributed by atoms with Crippen LogP contribution in [0.5, 0.6) is 0 Å². The third-order valence-electron chi connectivity index (χ3n) is 7.81. The van der Waals surface area contributed by atoms with Gasteiger partial charge in [-0.05, 0) is 95.6 Å². The number of nitrogens with zero attached hydrogens (tertiary/aromatic N) is 4. The largest absolute Gasteiger partial charge is 0.373 e. The van der Waals surface area contributed by atoms with Crippen molar-refractivity contribution in [1.29, 1.82) is 5.41 Å². The molecule has 4 rings (SSSR count). The molecule has 6 heteroatoms. The van der Waals surface area contributed by atoms with Gasteiger partial charge in [0.25, 0.3) is 0 Å². The topological polar surface area (TPSA) is 58.5 Å². The summed E-state index contributed by atoms with van der Waals surface area (Å²) in [6.07, 6.45) is 12.5. The normalized spacial score (nSPS) is 21.6. The van der Waals surface area contributed by atoms with Gasteiger partial charge in [-0.1, -0.05) is 12.8 Å². The molecular weight excluding hydrogens is 396 g/mol. The molecule has 32 heavy (non-hydrogen) atoms. The van der Waals surface area contributed by atoms with E-state index >= 15 is 0 Å². The Labute approximate surface area is 195 Å². The zero-order valence-electron chi connectivity index (χ0n) is 20.2. The third kappa shape index (κ3) is 6.44. The summed E-state index contributed by atoms with van der Waals surface area (Å²) in [7, 11) is 1.93. The number of pyridine rings is 1. The summed E-state index contributed by atoms with van der Waals surface area (Å²) in [6, 6.07) is 4.26. The van der Waals surface area contributed by atoms with E-state index in [9.17, 15) is 0 Å². The first-order chi connectivity index (χ1) is 15.7. The van der Waals surface area contributed by atoms with E-state index in [0.717, 1.165) is 54.8 Å². The van der Waals surface area contributed by atoms with E-state index in [2.05, 4.69) is 32.1 Å². The van der Waals surface area contributed by atoms with Crippen molar-refractivity contribution >= 4 is 17.3 Å². The Morgan fingerprint density at radius 1 is 0.906 bits per heavy atom. The van der Waals surface area contributed by atoms with Crippen molar-refractivity contribution in [3.8, 4) is 0 Å². The molecule has 3 aliphatic heterocycles. The third-order valence-corrected chi connectivity index (χ3v) is 7.81. The number of rotatable bonds is 9. The van der Waals surface area contributed by atoms with E-state index in [0.29, 0.717) is 0 Å². The van der Waals surface area contributed by atoms with Gasteiger partial charge in [0.05, 0.1) is 0 Å². The lowest BCUT2D eigenvalue weighted by Gasteiger charge is -2.33. The number of hydrogen-bond acceptors (Lipinski definition) is 6. The Kier molecular flexibility index (Phi) is 8.80. The van der Waals surface area contributed by atoms with Crippen molar-refractivity contribution < 1.29 is 0 Å². The zero-order chi connectivity index (χ0) is 22.2. The Hall–Kier alpha value is -1.66. The van der Waals surface area contributed by atoms with E-state index in [1.165, 1.54) is 90.6 Å². The van der Waals surface area contributed by atoms with Crippen LogP contribution in [-0.4, -0.2) is 79.9 Å². The van der Waals surface area contributed by atoms with Crippen LogP contribution in [-0.2, 0) is 0 Å². The van der Waals surface area contributed by atoms with E-state index < -0.39 is 0 Å². The molecule has 1 aromatic heterocycles. The van der Waals surface area contributed by atoms with Gasteiger partial charge < -0.3 is 25.4 Å². The van der Waals surface area contributed by atoms with Gasteiger partial charge in [-0.15, -0.1) is 0 Å². The molecule has 4 heterocycles. The molecule has 0 atom stereocenters. The Bertz CT molecular complexity index is 713. The molecule has 6 nitrogen and oxygen atoms in total. The average molecular weight is 441 g/mol. The summed E-state index contributed by atoms with van der Waals surface area (Å²) in [5.41, 5.74) is 1.72. The highest BCUT2D eigenvalue weighted by atomic mass is 15.2. The highest BCUT2D eigenvalue weighted by Gasteiger charge is 2.21. The molecule has 0 amide bonds. The lowest BCUT2D eigenvalue weighted by atomic mass is 9.90. The SMILES string of the molecule is CNc1nc(N2CCCCCC2)ccc1C(=N)CCC1CCN(CCN2CCCC2)CC1. The second kappa shape index (κ2) is 12.0. The van der Waals surface area contributed by atoms with Crippen LogP contribution in [0.4, 0.5) is 11.6 Å². The summed E-state index contributed by atoms with van der Waals surface area (Å²) in [4.78, 5) is 12.6. The number of anilines is 2. The summed E-state index contributed by atoms with van der Waals surface area (Å²) in [5, 5.41) is 12.0. The fraction of sp³-hybridized carbons (Fsp3) is 0.769. The van der Waals surface area contributed by atoms with Gasteiger partial charge in [0.15, 0.2) is 0 Å². The number of nitrogens with one attached hydrogen (secondary N) is 2. The van der Waals surface area contributed by atoms with Gasteiger partial charge in [0, 0.05) is 44.5 Å². The van der Waals surface area contributed by atoms with Gasteiger partial charge >= 0.3 is 0 Å². The second-order valence-electron chi connectivity index (χ2n) is 10.1. The van der Waals surface area contributed by atoms with Crippen LogP contribution in [0.2, 0.25) is 0 Å². The fourth-order valence-corrected chi connectivity index (χ4v) is 5.63. The number of hydrogen-bond donors (Lipinski definition) is 2. The van der Waals surface area contributed by atoms with Crippen molar-refractivity contribution in [2.45, 2.75) is 64.2 Å². The molecule has 2 N–H and O–H groups in total. The van der Waals surface area contributed by atoms with Crippen LogP contribution in [0.25, 0.3) is 0 Å². The van der Waals surface area contributed by atoms with Crippen LogP contribution in [0.15, 0.2) is 12.1 Å². The molecule has 3 saturated heterocycles. The molecular formula is C26H44N6. The Balaban J connectivity index is 1.23. The maximum Gasteiger partial charge on any atom is 0.137 e. The predicted molar refractivity (Wildman–Crippen MR) is 135 cm³/mol. The first kappa shape index (κ1) is 23.5. The molecule has 0 spiro atoms. The summed E-state index contributed by atoms with van der Waals surface area (Å²) in [5.74, 6) is 2.70. The minimum Gasteiger partial charge on any atom is -0.373 e. The van der Waals surface area contributed by atoms with Gasteiger partial charge in [0.2, 0.25) is 0 Å². The predicted octanol–water partition coefficient (Wildman–Crippen LogP) is 4.46. The van der Waals surface area contributed by atoms with Crippen LogP contribution in [0.1, 0.15) is 69.8 Å². The van der Waals surface area contributed by atoms with Crippen molar-refractivity contribution in [3.63, 3.8) is 0 Å². The smallest absolute Gasteiger partial charge is 0.137 e. The standard InChI is InChI=1S/C26H44N6/c1-28-26-23(9-11-25(29-26)32-16-4-2-3-5-17-32)24(27)10-8-22-12-18-31(19-13-22)21-20-30-14-6-7-15-30/h9,11,22,27H,2-8,10,12-21H2,1H3,(H,28,29). The maximum absolute atomic E-state index is 8.73. The van der Waals surface area contributed by atoms with Crippen LogP contribution in [0.3, 0.4) is 0 Å². The van der Waals surface area contributed by atoms with Gasteiger partial charge in [-0.3, -0.25) is 0 Å². The van der Waals surface area contributed by atoms with Gasteiger partial charge in [-0.25, -0.2) is 4.98 Å². The Morgan fingerprint density at radius 2 is 1.53 bits per heavy atom. The zero-order valence-corrected chi connectivity index (χ0v) is 20.2. The summed E-state index contributed by atoms with van der Waals surface area (Å²) in [6.45, 7) is 9.78. The molecule has 3 fully saturated rings. The first-order valence-electron chi connectivity index (χ1n) is 13.2. The summed E-state index contributed by atoms with van der Waals surface area (Å²) < 4.78 is 0. The number of likely N-dealkylation sites (tertiary alicyclic amines) is 2. The first-order valence-corrected chi connectivity index (χ1v) is 13.2. The van der Waals surface area contributed by atoms with E-state index in [4.69, 9.17) is 10.4 Å². The highest BCUT2D eigenvalue weighted by molar-refractivity contribution is 6.02. The number of piperidine rings is 1. The van der Waals surface area contributed by atoms with Crippen molar-refractivity contribution in [1.82, 2.24) is 14.8 Å². The van der Waals surface area contributed by atoms with Crippen molar-refractivity contribution in [2.24, 2.45) is 5.92 Å². The second-order valence-corrected chi connectivity index (χ2v) is 10.1. The fourth-order valence-electron chi connectivity index (χ4n) is 5.63. The minimum absolute atomic E-state index is 0.737. The van der Waals surface area contributed by atoms with Gasteiger partial charge in [-0.2, -0.15) is 0 Å².